The summed E-state index contributed by atoms with van der Waals surface area (Å²) in [7, 11) is 0. The van der Waals surface area contributed by atoms with Crippen molar-refractivity contribution in [2.24, 2.45) is 5.73 Å². The summed E-state index contributed by atoms with van der Waals surface area (Å²) in [6.07, 6.45) is 6.15. The molecule has 2 nitrogen and oxygen atoms in total. The van der Waals surface area contributed by atoms with Crippen molar-refractivity contribution in [2.75, 3.05) is 0 Å². The molecular formula is C24H20N2. The molecule has 0 amide bonds. The van der Waals surface area contributed by atoms with Crippen molar-refractivity contribution in [3.8, 4) is 5.69 Å². The van der Waals surface area contributed by atoms with Gasteiger partial charge in [0.05, 0.1) is 11.0 Å². The lowest BCUT2D eigenvalue weighted by Gasteiger charge is -2.13. The largest absolute Gasteiger partial charge is 0.402 e. The molecule has 0 fully saturated rings. The number of para-hydroxylation sites is 2. The van der Waals surface area contributed by atoms with E-state index in [4.69, 9.17) is 5.73 Å². The maximum Gasteiger partial charge on any atom is 0.0541 e. The number of hydrogen-bond donors (Lipinski definition) is 1. The maximum atomic E-state index is 5.92. The fourth-order valence-electron chi connectivity index (χ4n) is 3.92. The van der Waals surface area contributed by atoms with E-state index in [0.717, 1.165) is 18.5 Å². The SMILES string of the molecule is NC1=CC=C(c2ccc3c(c2)c2ccccc2n3-c2ccccc2)CC1. The molecule has 0 radical (unpaired) electrons. The van der Waals surface area contributed by atoms with Crippen LogP contribution in [0.1, 0.15) is 18.4 Å². The Labute approximate surface area is 152 Å². The molecule has 1 aliphatic carbocycles. The van der Waals surface area contributed by atoms with Crippen LogP contribution >= 0.6 is 0 Å². The fourth-order valence-corrected chi connectivity index (χ4v) is 3.92. The molecule has 0 aliphatic heterocycles. The highest BCUT2D eigenvalue weighted by molar-refractivity contribution is 6.10. The molecule has 1 aromatic heterocycles. The van der Waals surface area contributed by atoms with Gasteiger partial charge in [-0.25, -0.2) is 0 Å². The molecule has 4 aromatic rings. The van der Waals surface area contributed by atoms with E-state index >= 15 is 0 Å². The molecule has 5 rings (SSSR count). The molecule has 126 valence electrons. The average Bonchev–Trinajstić information content (AvgIpc) is 3.03. The quantitative estimate of drug-likeness (QED) is 0.492. The van der Waals surface area contributed by atoms with Gasteiger partial charge < -0.3 is 10.3 Å². The Morgan fingerprint density at radius 1 is 0.692 bits per heavy atom. The van der Waals surface area contributed by atoms with E-state index in [2.05, 4.69) is 83.4 Å². The van der Waals surface area contributed by atoms with E-state index in [1.54, 1.807) is 0 Å². The minimum atomic E-state index is 0.940. The number of allylic oxidation sites excluding steroid dienone is 4. The number of hydrogen-bond acceptors (Lipinski definition) is 1. The molecule has 0 saturated heterocycles. The van der Waals surface area contributed by atoms with Crippen molar-refractivity contribution in [1.29, 1.82) is 0 Å². The molecule has 0 spiro atoms. The van der Waals surface area contributed by atoms with Crippen LogP contribution in [0.4, 0.5) is 0 Å². The number of fused-ring (bicyclic) bond motifs is 3. The molecule has 0 saturated carbocycles. The van der Waals surface area contributed by atoms with Crippen LogP contribution in [0, 0.1) is 0 Å². The number of benzene rings is 3. The van der Waals surface area contributed by atoms with Crippen LogP contribution in [-0.4, -0.2) is 4.57 Å². The van der Waals surface area contributed by atoms with Gasteiger partial charge in [-0.05, 0) is 60.4 Å². The van der Waals surface area contributed by atoms with Gasteiger partial charge in [0, 0.05) is 22.2 Å². The Bertz CT molecular complexity index is 1180. The van der Waals surface area contributed by atoms with Crippen LogP contribution in [0.15, 0.2) is 90.6 Å². The van der Waals surface area contributed by atoms with Crippen molar-refractivity contribution >= 4 is 27.4 Å². The monoisotopic (exact) mass is 336 g/mol. The van der Waals surface area contributed by atoms with Gasteiger partial charge in [0.1, 0.15) is 0 Å². The molecule has 0 atom stereocenters. The Hall–Kier alpha value is -3.26. The first-order valence-corrected chi connectivity index (χ1v) is 9.05. The lowest BCUT2D eigenvalue weighted by Crippen LogP contribution is -2.01. The Kier molecular flexibility index (Phi) is 3.42. The van der Waals surface area contributed by atoms with Crippen molar-refractivity contribution in [2.45, 2.75) is 12.8 Å². The van der Waals surface area contributed by atoms with Crippen LogP contribution in [0.2, 0.25) is 0 Å². The third-order valence-electron chi connectivity index (χ3n) is 5.24. The zero-order valence-corrected chi connectivity index (χ0v) is 14.5. The standard InChI is InChI=1S/C24H20N2/c25-19-13-10-17(11-14-19)18-12-15-24-22(16-18)21-8-4-5-9-23(21)26(24)20-6-2-1-3-7-20/h1-10,12-13,15-16H,11,14,25H2. The highest BCUT2D eigenvalue weighted by Crippen LogP contribution is 2.35. The Morgan fingerprint density at radius 2 is 1.46 bits per heavy atom. The first-order chi connectivity index (χ1) is 12.8. The van der Waals surface area contributed by atoms with Gasteiger partial charge in [0.15, 0.2) is 0 Å². The van der Waals surface area contributed by atoms with Crippen molar-refractivity contribution in [3.05, 3.63) is 96.2 Å². The summed E-state index contributed by atoms with van der Waals surface area (Å²) in [5, 5.41) is 2.59. The smallest absolute Gasteiger partial charge is 0.0541 e. The lowest BCUT2D eigenvalue weighted by atomic mass is 9.95. The third-order valence-corrected chi connectivity index (χ3v) is 5.24. The maximum absolute atomic E-state index is 5.92. The Morgan fingerprint density at radius 3 is 2.27 bits per heavy atom. The van der Waals surface area contributed by atoms with Gasteiger partial charge in [-0.1, -0.05) is 48.5 Å². The number of rotatable bonds is 2. The zero-order valence-electron chi connectivity index (χ0n) is 14.5. The second-order valence-corrected chi connectivity index (χ2v) is 6.85. The number of aromatic nitrogens is 1. The lowest BCUT2D eigenvalue weighted by molar-refractivity contribution is 0.959. The first kappa shape index (κ1) is 15.0. The summed E-state index contributed by atoms with van der Waals surface area (Å²) in [5.74, 6) is 0. The van der Waals surface area contributed by atoms with Gasteiger partial charge in [0.25, 0.3) is 0 Å². The third kappa shape index (κ3) is 2.34. The average molecular weight is 336 g/mol. The summed E-state index contributed by atoms with van der Waals surface area (Å²) < 4.78 is 2.35. The molecular weight excluding hydrogens is 316 g/mol. The molecule has 1 heterocycles. The second-order valence-electron chi connectivity index (χ2n) is 6.85. The normalized spacial score (nSPS) is 14.5. The van der Waals surface area contributed by atoms with Crippen LogP contribution < -0.4 is 5.73 Å². The Balaban J connectivity index is 1.79. The second kappa shape index (κ2) is 5.92. The van der Waals surface area contributed by atoms with E-state index in [0.29, 0.717) is 0 Å². The zero-order chi connectivity index (χ0) is 17.5. The number of nitrogens with two attached hydrogens (primary N) is 1. The van der Waals surface area contributed by atoms with Crippen LogP contribution in [-0.2, 0) is 0 Å². The minimum Gasteiger partial charge on any atom is -0.402 e. The summed E-state index contributed by atoms with van der Waals surface area (Å²) in [6.45, 7) is 0. The topological polar surface area (TPSA) is 30.9 Å². The van der Waals surface area contributed by atoms with E-state index < -0.39 is 0 Å². The van der Waals surface area contributed by atoms with E-state index in [-0.39, 0.29) is 0 Å². The van der Waals surface area contributed by atoms with Crippen molar-refractivity contribution in [3.63, 3.8) is 0 Å². The molecule has 26 heavy (non-hydrogen) atoms. The van der Waals surface area contributed by atoms with E-state index in [1.165, 1.54) is 38.6 Å². The highest BCUT2D eigenvalue weighted by atomic mass is 15.0. The van der Waals surface area contributed by atoms with Gasteiger partial charge in [-0.2, -0.15) is 0 Å². The van der Waals surface area contributed by atoms with E-state index in [9.17, 15) is 0 Å². The van der Waals surface area contributed by atoms with Crippen LogP contribution in [0.3, 0.4) is 0 Å². The molecule has 3 aromatic carbocycles. The van der Waals surface area contributed by atoms with Crippen molar-refractivity contribution < 1.29 is 0 Å². The molecule has 2 N–H and O–H groups in total. The first-order valence-electron chi connectivity index (χ1n) is 9.05. The van der Waals surface area contributed by atoms with Crippen LogP contribution in [0.5, 0.6) is 0 Å². The fraction of sp³-hybridized carbons (Fsp3) is 0.0833. The van der Waals surface area contributed by atoms with Crippen LogP contribution in [0.25, 0.3) is 33.1 Å². The van der Waals surface area contributed by atoms with Crippen molar-refractivity contribution in [1.82, 2.24) is 4.57 Å². The van der Waals surface area contributed by atoms with Gasteiger partial charge in [-0.15, -0.1) is 0 Å². The van der Waals surface area contributed by atoms with E-state index in [1.807, 2.05) is 6.08 Å². The van der Waals surface area contributed by atoms with Gasteiger partial charge in [-0.3, -0.25) is 0 Å². The molecule has 1 aliphatic rings. The summed E-state index contributed by atoms with van der Waals surface area (Å²) in [6, 6.07) is 26.0. The minimum absolute atomic E-state index is 0.940. The number of nitrogens with zero attached hydrogens (tertiary/aromatic N) is 1. The summed E-state index contributed by atoms with van der Waals surface area (Å²) >= 11 is 0. The molecule has 0 bridgehead atoms. The van der Waals surface area contributed by atoms with Gasteiger partial charge >= 0.3 is 0 Å². The van der Waals surface area contributed by atoms with Gasteiger partial charge in [0.2, 0.25) is 0 Å². The predicted molar refractivity (Wildman–Crippen MR) is 110 cm³/mol. The highest BCUT2D eigenvalue weighted by Gasteiger charge is 2.14. The predicted octanol–water partition coefficient (Wildman–Crippen LogP) is 5.80. The molecule has 0 unspecified atom stereocenters. The summed E-state index contributed by atoms with van der Waals surface area (Å²) in [5.41, 5.74) is 13.2. The molecule has 2 heteroatoms. The summed E-state index contributed by atoms with van der Waals surface area (Å²) in [4.78, 5) is 0.